The van der Waals surface area contributed by atoms with Crippen LogP contribution in [0.1, 0.15) is 26.2 Å². The predicted molar refractivity (Wildman–Crippen MR) is 106 cm³/mol. The molecule has 2 bridgehead atoms. The summed E-state index contributed by atoms with van der Waals surface area (Å²) in [6.45, 7) is 2.12. The molecule has 5 atom stereocenters. The fourth-order valence-electron chi connectivity index (χ4n) is 5.33. The minimum atomic E-state index is -0.563. The number of esters is 1. The van der Waals surface area contributed by atoms with Crippen molar-refractivity contribution in [3.05, 3.63) is 53.0 Å². The SMILES string of the molecule is COC(C)C1CCC2N1C1C=C(C#CC3=C=CC=CN=C3)C3=CC(=O)OC32C1. The third-order valence-corrected chi connectivity index (χ3v) is 6.52. The molecule has 0 aromatic rings. The molecule has 1 aliphatic carbocycles. The summed E-state index contributed by atoms with van der Waals surface area (Å²) in [7, 11) is 1.76. The Hall–Kier alpha value is -2.64. The smallest absolute Gasteiger partial charge is 0.332 e. The van der Waals surface area contributed by atoms with Crippen LogP contribution in [0.4, 0.5) is 0 Å². The minimum Gasteiger partial charge on any atom is -0.449 e. The lowest BCUT2D eigenvalue weighted by Gasteiger charge is -2.33. The van der Waals surface area contributed by atoms with E-state index in [0.29, 0.717) is 6.04 Å². The number of methoxy groups -OCH3 is 1. The second-order valence-corrected chi connectivity index (χ2v) is 7.86. The molecule has 5 nitrogen and oxygen atoms in total. The highest BCUT2D eigenvalue weighted by molar-refractivity contribution is 5.90. The standard InChI is InChI=1S/C23H22N2O3/c1-15(27-2)20-8-9-21-23-13-18(25(20)21)11-17(19(23)12-22(26)28-23)7-6-16-5-3-4-10-24-14-16/h3-4,10-12,14-15,18,20-21H,8-9,13H2,1-2H3. The van der Waals surface area contributed by atoms with Gasteiger partial charge in [0.25, 0.3) is 0 Å². The van der Waals surface area contributed by atoms with Gasteiger partial charge in [0.2, 0.25) is 0 Å². The molecule has 142 valence electrons. The Balaban J connectivity index is 1.55. The van der Waals surface area contributed by atoms with E-state index in [1.165, 1.54) is 0 Å². The third-order valence-electron chi connectivity index (χ3n) is 6.52. The molecule has 0 radical (unpaired) electrons. The highest BCUT2D eigenvalue weighted by Gasteiger charge is 2.64. The number of carbonyl (C=O) groups excluding carboxylic acids is 1. The van der Waals surface area contributed by atoms with Crippen LogP contribution in [0.15, 0.2) is 57.9 Å². The van der Waals surface area contributed by atoms with E-state index in [4.69, 9.17) is 9.47 Å². The molecular formula is C23H22N2O3. The number of aliphatic imine (C=N–C) groups is 1. The van der Waals surface area contributed by atoms with Gasteiger partial charge in [0, 0.05) is 49.0 Å². The summed E-state index contributed by atoms with van der Waals surface area (Å²) < 4.78 is 11.6. The molecule has 2 saturated heterocycles. The van der Waals surface area contributed by atoms with Crippen LogP contribution in [0.2, 0.25) is 0 Å². The van der Waals surface area contributed by atoms with Gasteiger partial charge in [-0.2, -0.15) is 0 Å². The minimum absolute atomic E-state index is 0.137. The zero-order valence-corrected chi connectivity index (χ0v) is 16.0. The molecule has 28 heavy (non-hydrogen) atoms. The van der Waals surface area contributed by atoms with Crippen molar-refractivity contribution in [1.29, 1.82) is 0 Å². The zero-order valence-electron chi connectivity index (χ0n) is 16.0. The summed E-state index contributed by atoms with van der Waals surface area (Å²) in [6.07, 6.45) is 13.9. The van der Waals surface area contributed by atoms with E-state index in [2.05, 4.69) is 40.5 Å². The first kappa shape index (κ1) is 17.5. The van der Waals surface area contributed by atoms with Gasteiger partial charge in [0.05, 0.1) is 23.9 Å². The fourth-order valence-corrected chi connectivity index (χ4v) is 5.33. The van der Waals surface area contributed by atoms with Crippen LogP contribution in [-0.2, 0) is 14.3 Å². The van der Waals surface area contributed by atoms with Crippen molar-refractivity contribution >= 4 is 12.2 Å². The van der Waals surface area contributed by atoms with Gasteiger partial charge >= 0.3 is 5.97 Å². The highest BCUT2D eigenvalue weighted by Crippen LogP contribution is 2.55. The predicted octanol–water partition coefficient (Wildman–Crippen LogP) is 2.47. The van der Waals surface area contributed by atoms with Gasteiger partial charge in [-0.15, -0.1) is 5.73 Å². The molecule has 2 fully saturated rings. The number of allylic oxidation sites excluding steroid dienone is 2. The van der Waals surface area contributed by atoms with Crippen LogP contribution in [0, 0.1) is 11.8 Å². The van der Waals surface area contributed by atoms with Gasteiger partial charge in [-0.25, -0.2) is 4.79 Å². The van der Waals surface area contributed by atoms with E-state index < -0.39 is 5.60 Å². The van der Waals surface area contributed by atoms with E-state index >= 15 is 0 Å². The lowest BCUT2D eigenvalue weighted by atomic mass is 9.77. The maximum atomic E-state index is 12.3. The molecule has 4 aliphatic heterocycles. The maximum absolute atomic E-state index is 12.3. The normalized spacial score (nSPS) is 35.9. The van der Waals surface area contributed by atoms with Gasteiger partial charge in [-0.1, -0.05) is 17.9 Å². The monoisotopic (exact) mass is 374 g/mol. The molecular weight excluding hydrogens is 352 g/mol. The van der Waals surface area contributed by atoms with Crippen LogP contribution < -0.4 is 0 Å². The molecule has 0 aromatic heterocycles. The Morgan fingerprint density at radius 1 is 1.43 bits per heavy atom. The number of fused-ring (bicyclic) bond motifs is 3. The number of hydrogen-bond donors (Lipinski definition) is 0. The molecule has 1 spiro atoms. The summed E-state index contributed by atoms with van der Waals surface area (Å²) in [5, 5.41) is 0. The Kier molecular flexibility index (Phi) is 4.03. The summed E-state index contributed by atoms with van der Waals surface area (Å²) in [6, 6.07) is 0.724. The van der Waals surface area contributed by atoms with Crippen molar-refractivity contribution in [2.24, 2.45) is 4.99 Å². The van der Waals surface area contributed by atoms with Crippen LogP contribution in [-0.4, -0.2) is 54.0 Å². The van der Waals surface area contributed by atoms with Gasteiger partial charge in [0.15, 0.2) is 5.60 Å². The highest BCUT2D eigenvalue weighted by atomic mass is 16.6. The molecule has 5 heteroatoms. The van der Waals surface area contributed by atoms with Crippen LogP contribution in [0.3, 0.4) is 0 Å². The lowest BCUT2D eigenvalue weighted by Crippen LogP contribution is -2.47. The van der Waals surface area contributed by atoms with Crippen LogP contribution in [0.25, 0.3) is 0 Å². The van der Waals surface area contributed by atoms with Crippen molar-refractivity contribution < 1.29 is 14.3 Å². The van der Waals surface area contributed by atoms with E-state index in [0.717, 1.165) is 36.0 Å². The van der Waals surface area contributed by atoms with E-state index in [-0.39, 0.29) is 24.2 Å². The molecule has 4 heterocycles. The van der Waals surface area contributed by atoms with Gasteiger partial charge < -0.3 is 9.47 Å². The van der Waals surface area contributed by atoms with Crippen molar-refractivity contribution in [3.8, 4) is 11.8 Å². The number of rotatable bonds is 2. The number of hydrogen-bond acceptors (Lipinski definition) is 5. The Morgan fingerprint density at radius 2 is 2.32 bits per heavy atom. The Morgan fingerprint density at radius 3 is 3.18 bits per heavy atom. The summed E-state index contributed by atoms with van der Waals surface area (Å²) >= 11 is 0. The summed E-state index contributed by atoms with van der Waals surface area (Å²) in [5.41, 5.74) is 5.09. The Bertz CT molecular complexity index is 983. The van der Waals surface area contributed by atoms with Crippen LogP contribution >= 0.6 is 0 Å². The molecule has 5 aliphatic rings. The zero-order chi connectivity index (χ0) is 19.3. The van der Waals surface area contributed by atoms with Crippen molar-refractivity contribution in [3.63, 3.8) is 0 Å². The first-order valence-electron chi connectivity index (χ1n) is 9.77. The molecule has 0 amide bonds. The second-order valence-electron chi connectivity index (χ2n) is 7.86. The summed E-state index contributed by atoms with van der Waals surface area (Å²) in [4.78, 5) is 18.9. The van der Waals surface area contributed by atoms with Crippen molar-refractivity contribution in [2.45, 2.75) is 56.0 Å². The van der Waals surface area contributed by atoms with E-state index in [1.807, 2.05) is 6.08 Å². The van der Waals surface area contributed by atoms with E-state index in [9.17, 15) is 4.79 Å². The quantitative estimate of drug-likeness (QED) is 0.423. The van der Waals surface area contributed by atoms with Crippen molar-refractivity contribution in [2.75, 3.05) is 7.11 Å². The number of nitrogens with zero attached hydrogens (tertiary/aromatic N) is 2. The first-order chi connectivity index (χ1) is 13.6. The maximum Gasteiger partial charge on any atom is 0.332 e. The van der Waals surface area contributed by atoms with Crippen LogP contribution in [0.5, 0.6) is 0 Å². The lowest BCUT2D eigenvalue weighted by molar-refractivity contribution is -0.147. The molecule has 5 rings (SSSR count). The molecule has 5 unspecified atom stereocenters. The number of ether oxygens (including phenoxy) is 2. The topological polar surface area (TPSA) is 51.1 Å². The van der Waals surface area contributed by atoms with Gasteiger partial charge in [0.1, 0.15) is 0 Å². The fraction of sp³-hybridized carbons (Fsp3) is 0.435. The molecule has 0 saturated carbocycles. The largest absolute Gasteiger partial charge is 0.449 e. The first-order valence-corrected chi connectivity index (χ1v) is 9.77. The van der Waals surface area contributed by atoms with Gasteiger partial charge in [-0.3, -0.25) is 9.89 Å². The molecule has 0 N–H and O–H groups in total. The van der Waals surface area contributed by atoms with Crippen molar-refractivity contribution in [1.82, 2.24) is 4.90 Å². The van der Waals surface area contributed by atoms with Gasteiger partial charge in [-0.05, 0) is 31.9 Å². The Labute approximate surface area is 164 Å². The average molecular weight is 374 g/mol. The second kappa shape index (κ2) is 6.46. The molecule has 0 aromatic carbocycles. The average Bonchev–Trinajstić information content (AvgIpc) is 3.26. The number of carbonyl (C=O) groups is 1. The summed E-state index contributed by atoms with van der Waals surface area (Å²) in [5.74, 6) is 6.16. The third kappa shape index (κ3) is 2.50. The van der Waals surface area contributed by atoms with E-state index in [1.54, 1.807) is 31.7 Å².